The molecule has 3 aromatic rings. The van der Waals surface area contributed by atoms with E-state index < -0.39 is 0 Å². The first kappa shape index (κ1) is 20.4. The molecule has 0 aliphatic carbocycles. The summed E-state index contributed by atoms with van der Waals surface area (Å²) in [6.07, 6.45) is 0. The zero-order valence-corrected chi connectivity index (χ0v) is 16.6. The summed E-state index contributed by atoms with van der Waals surface area (Å²) in [5, 5.41) is 6.27. The van der Waals surface area contributed by atoms with Gasteiger partial charge in [0.1, 0.15) is 18.2 Å². The molecule has 0 radical (unpaired) electrons. The maximum Gasteiger partial charge on any atom is 0.226 e. The Morgan fingerprint density at radius 1 is 0.966 bits per heavy atom. The van der Waals surface area contributed by atoms with Gasteiger partial charge in [0.2, 0.25) is 5.91 Å². The van der Waals surface area contributed by atoms with Crippen molar-refractivity contribution < 1.29 is 13.9 Å². The molecule has 0 aromatic heterocycles. The van der Waals surface area contributed by atoms with E-state index in [0.29, 0.717) is 13.2 Å². The van der Waals surface area contributed by atoms with Crippen LogP contribution in [-0.2, 0) is 17.9 Å². The summed E-state index contributed by atoms with van der Waals surface area (Å²) in [6.45, 7) is 4.66. The lowest BCUT2D eigenvalue weighted by Crippen LogP contribution is -2.17. The number of hydrogen-bond donors (Lipinski definition) is 2. The van der Waals surface area contributed by atoms with Crippen LogP contribution in [-0.4, -0.2) is 5.91 Å². The number of carbonyl (C=O) groups is 1. The Hall–Kier alpha value is -3.34. The largest absolute Gasteiger partial charge is 0.489 e. The number of ether oxygens (including phenoxy) is 1. The van der Waals surface area contributed by atoms with Crippen molar-refractivity contribution in [3.8, 4) is 5.75 Å². The second kappa shape index (κ2) is 9.73. The fraction of sp³-hybridized carbons (Fsp3) is 0.208. The van der Waals surface area contributed by atoms with Gasteiger partial charge < -0.3 is 15.4 Å². The standard InChI is InChI=1S/C24H25FN2O2/c1-17(2)24(28)27-22-8-5-7-21(14-22)26-15-19-6-3-4-9-23(19)29-16-18-10-12-20(25)13-11-18/h3-14,17,26H,15-16H2,1-2H3,(H,27,28). The van der Waals surface area contributed by atoms with Crippen LogP contribution in [0, 0.1) is 11.7 Å². The van der Waals surface area contributed by atoms with Gasteiger partial charge in [0.25, 0.3) is 0 Å². The maximum absolute atomic E-state index is 13.0. The van der Waals surface area contributed by atoms with Gasteiger partial charge in [0.05, 0.1) is 0 Å². The first-order valence-corrected chi connectivity index (χ1v) is 9.61. The van der Waals surface area contributed by atoms with Crippen LogP contribution in [0.3, 0.4) is 0 Å². The normalized spacial score (nSPS) is 10.6. The van der Waals surface area contributed by atoms with Crippen LogP contribution in [0.1, 0.15) is 25.0 Å². The summed E-state index contributed by atoms with van der Waals surface area (Å²) in [6, 6.07) is 21.7. The third kappa shape index (κ3) is 6.07. The fourth-order valence-electron chi connectivity index (χ4n) is 2.72. The molecule has 3 aromatic carbocycles. The van der Waals surface area contributed by atoms with Gasteiger partial charge in [-0.1, -0.05) is 50.2 Å². The van der Waals surface area contributed by atoms with Crippen molar-refractivity contribution in [3.05, 3.63) is 89.7 Å². The molecule has 29 heavy (non-hydrogen) atoms. The Kier molecular flexibility index (Phi) is 6.85. The van der Waals surface area contributed by atoms with Crippen LogP contribution >= 0.6 is 0 Å². The number of rotatable bonds is 8. The highest BCUT2D eigenvalue weighted by atomic mass is 19.1. The van der Waals surface area contributed by atoms with Crippen molar-refractivity contribution in [2.45, 2.75) is 27.0 Å². The number of hydrogen-bond acceptors (Lipinski definition) is 3. The van der Waals surface area contributed by atoms with Gasteiger partial charge in [-0.15, -0.1) is 0 Å². The minimum Gasteiger partial charge on any atom is -0.489 e. The van der Waals surface area contributed by atoms with Gasteiger partial charge >= 0.3 is 0 Å². The minimum atomic E-state index is -0.259. The molecule has 150 valence electrons. The number of amides is 1. The van der Waals surface area contributed by atoms with E-state index in [0.717, 1.165) is 28.3 Å². The van der Waals surface area contributed by atoms with Crippen LogP contribution in [0.2, 0.25) is 0 Å². The van der Waals surface area contributed by atoms with Crippen molar-refractivity contribution in [1.29, 1.82) is 0 Å². The van der Waals surface area contributed by atoms with Crippen LogP contribution in [0.4, 0.5) is 15.8 Å². The van der Waals surface area contributed by atoms with Crippen LogP contribution < -0.4 is 15.4 Å². The molecular weight excluding hydrogens is 367 g/mol. The average molecular weight is 392 g/mol. The molecule has 0 saturated heterocycles. The molecule has 2 N–H and O–H groups in total. The van der Waals surface area contributed by atoms with E-state index in [4.69, 9.17) is 4.74 Å². The molecule has 5 heteroatoms. The lowest BCUT2D eigenvalue weighted by atomic mass is 10.1. The van der Waals surface area contributed by atoms with E-state index >= 15 is 0 Å². The highest BCUT2D eigenvalue weighted by Gasteiger charge is 2.08. The zero-order chi connectivity index (χ0) is 20.6. The number of anilines is 2. The molecule has 1 amide bonds. The third-order valence-corrected chi connectivity index (χ3v) is 4.42. The smallest absolute Gasteiger partial charge is 0.226 e. The molecule has 0 atom stereocenters. The van der Waals surface area contributed by atoms with E-state index in [1.807, 2.05) is 62.4 Å². The van der Waals surface area contributed by atoms with Gasteiger partial charge in [-0.2, -0.15) is 0 Å². The Labute approximate surface area is 170 Å². The van der Waals surface area contributed by atoms with E-state index in [-0.39, 0.29) is 17.6 Å². The Morgan fingerprint density at radius 3 is 2.45 bits per heavy atom. The van der Waals surface area contributed by atoms with Gasteiger partial charge in [0.15, 0.2) is 0 Å². The highest BCUT2D eigenvalue weighted by molar-refractivity contribution is 5.92. The van der Waals surface area contributed by atoms with Crippen molar-refractivity contribution in [1.82, 2.24) is 0 Å². The molecule has 0 fully saturated rings. The van der Waals surface area contributed by atoms with Gasteiger partial charge in [-0.25, -0.2) is 4.39 Å². The van der Waals surface area contributed by atoms with Crippen LogP contribution in [0.15, 0.2) is 72.8 Å². The Morgan fingerprint density at radius 2 is 1.69 bits per heavy atom. The second-order valence-corrected chi connectivity index (χ2v) is 7.10. The summed E-state index contributed by atoms with van der Waals surface area (Å²) in [5.41, 5.74) is 3.57. The average Bonchev–Trinajstić information content (AvgIpc) is 2.72. The quantitative estimate of drug-likeness (QED) is 0.524. The third-order valence-electron chi connectivity index (χ3n) is 4.42. The van der Waals surface area contributed by atoms with E-state index in [1.54, 1.807) is 12.1 Å². The lowest BCUT2D eigenvalue weighted by Gasteiger charge is -2.14. The molecule has 0 bridgehead atoms. The molecule has 3 rings (SSSR count). The van der Waals surface area contributed by atoms with Gasteiger partial charge in [-0.05, 0) is 42.0 Å². The summed E-state index contributed by atoms with van der Waals surface area (Å²) in [4.78, 5) is 11.9. The lowest BCUT2D eigenvalue weighted by molar-refractivity contribution is -0.118. The summed E-state index contributed by atoms with van der Waals surface area (Å²) < 4.78 is 19.0. The Balaban J connectivity index is 1.62. The SMILES string of the molecule is CC(C)C(=O)Nc1cccc(NCc2ccccc2OCc2ccc(F)cc2)c1. The first-order chi connectivity index (χ1) is 14.0. The van der Waals surface area contributed by atoms with Crippen molar-refractivity contribution in [3.63, 3.8) is 0 Å². The maximum atomic E-state index is 13.0. The fourth-order valence-corrected chi connectivity index (χ4v) is 2.72. The number of benzene rings is 3. The number of halogens is 1. The van der Waals surface area contributed by atoms with Gasteiger partial charge in [0, 0.05) is 29.4 Å². The molecule has 0 spiro atoms. The predicted molar refractivity (Wildman–Crippen MR) is 114 cm³/mol. The second-order valence-electron chi connectivity index (χ2n) is 7.10. The van der Waals surface area contributed by atoms with Crippen molar-refractivity contribution >= 4 is 17.3 Å². The molecule has 0 heterocycles. The van der Waals surface area contributed by atoms with Crippen molar-refractivity contribution in [2.75, 3.05) is 10.6 Å². The summed E-state index contributed by atoms with van der Waals surface area (Å²) in [5.74, 6) is 0.428. The van der Waals surface area contributed by atoms with Crippen molar-refractivity contribution in [2.24, 2.45) is 5.92 Å². The Bertz CT molecular complexity index is 955. The van der Waals surface area contributed by atoms with E-state index in [9.17, 15) is 9.18 Å². The summed E-state index contributed by atoms with van der Waals surface area (Å²) in [7, 11) is 0. The van der Waals surface area contributed by atoms with E-state index in [2.05, 4.69) is 10.6 Å². The van der Waals surface area contributed by atoms with Crippen LogP contribution in [0.25, 0.3) is 0 Å². The molecule has 0 aliphatic rings. The number of carbonyl (C=O) groups excluding carboxylic acids is 1. The monoisotopic (exact) mass is 392 g/mol. The molecule has 0 saturated carbocycles. The van der Waals surface area contributed by atoms with Gasteiger partial charge in [-0.3, -0.25) is 4.79 Å². The predicted octanol–water partition coefficient (Wildman–Crippen LogP) is 5.61. The highest BCUT2D eigenvalue weighted by Crippen LogP contribution is 2.22. The molecule has 0 unspecified atom stereocenters. The summed E-state index contributed by atoms with van der Waals surface area (Å²) >= 11 is 0. The van der Waals surface area contributed by atoms with Crippen LogP contribution in [0.5, 0.6) is 5.75 Å². The molecule has 4 nitrogen and oxygen atoms in total. The number of para-hydroxylation sites is 1. The number of nitrogens with one attached hydrogen (secondary N) is 2. The zero-order valence-electron chi connectivity index (χ0n) is 16.6. The molecular formula is C24H25FN2O2. The molecule has 0 aliphatic heterocycles. The first-order valence-electron chi connectivity index (χ1n) is 9.61. The topological polar surface area (TPSA) is 50.4 Å². The van der Waals surface area contributed by atoms with E-state index in [1.165, 1.54) is 12.1 Å². The minimum absolute atomic E-state index is 0.0123.